The standard InChI is InChI=1S/C19H14Cl2N6OS/c1-11-15(16(21)27(26-11)10-12-6-2-3-7-13(12)20)17(28)23-19-25-24-18(29-19)14-8-4-5-9-22-14/h2-9H,10H2,1H3,(H,23,25,28). The van der Waals surface area contributed by atoms with E-state index in [0.29, 0.717) is 33.1 Å². The molecular formula is C19H14Cl2N6OS. The maximum Gasteiger partial charge on any atom is 0.262 e. The number of amides is 1. The molecule has 0 saturated carbocycles. The van der Waals surface area contributed by atoms with Gasteiger partial charge < -0.3 is 0 Å². The third-order valence-electron chi connectivity index (χ3n) is 4.10. The van der Waals surface area contributed by atoms with Gasteiger partial charge in [-0.2, -0.15) is 5.10 Å². The van der Waals surface area contributed by atoms with Gasteiger partial charge in [0.2, 0.25) is 5.13 Å². The molecule has 1 N–H and O–H groups in total. The molecule has 146 valence electrons. The van der Waals surface area contributed by atoms with Crippen LogP contribution in [0.15, 0.2) is 48.7 Å². The van der Waals surface area contributed by atoms with Gasteiger partial charge >= 0.3 is 0 Å². The van der Waals surface area contributed by atoms with E-state index in [0.717, 1.165) is 5.56 Å². The van der Waals surface area contributed by atoms with E-state index in [-0.39, 0.29) is 10.7 Å². The van der Waals surface area contributed by atoms with E-state index >= 15 is 0 Å². The summed E-state index contributed by atoms with van der Waals surface area (Å²) in [5.74, 6) is -0.401. The van der Waals surface area contributed by atoms with E-state index in [9.17, 15) is 4.79 Å². The van der Waals surface area contributed by atoms with Crippen molar-refractivity contribution in [3.63, 3.8) is 0 Å². The Morgan fingerprint density at radius 3 is 2.69 bits per heavy atom. The van der Waals surface area contributed by atoms with Crippen LogP contribution >= 0.6 is 34.5 Å². The summed E-state index contributed by atoms with van der Waals surface area (Å²) in [4.78, 5) is 17.0. The minimum Gasteiger partial charge on any atom is -0.296 e. The topological polar surface area (TPSA) is 85.6 Å². The number of anilines is 1. The quantitative estimate of drug-likeness (QED) is 0.481. The van der Waals surface area contributed by atoms with Crippen LogP contribution in [0.5, 0.6) is 0 Å². The molecule has 0 unspecified atom stereocenters. The summed E-state index contributed by atoms with van der Waals surface area (Å²) in [6.45, 7) is 2.08. The number of halogens is 2. The number of pyridine rings is 1. The van der Waals surface area contributed by atoms with E-state index in [1.54, 1.807) is 23.9 Å². The Bertz CT molecular complexity index is 1170. The fraction of sp³-hybridized carbons (Fsp3) is 0.105. The van der Waals surface area contributed by atoms with Crippen molar-refractivity contribution in [2.45, 2.75) is 13.5 Å². The predicted octanol–water partition coefficient (Wildman–Crippen LogP) is 4.71. The molecule has 0 saturated heterocycles. The molecule has 0 bridgehead atoms. The van der Waals surface area contributed by atoms with Crippen LogP contribution in [-0.4, -0.2) is 30.9 Å². The van der Waals surface area contributed by atoms with Crippen LogP contribution in [0.4, 0.5) is 5.13 Å². The number of aryl methyl sites for hydroxylation is 1. The smallest absolute Gasteiger partial charge is 0.262 e. The first-order chi connectivity index (χ1) is 14.0. The molecule has 0 fully saturated rings. The van der Waals surface area contributed by atoms with Crippen molar-refractivity contribution in [1.29, 1.82) is 0 Å². The summed E-state index contributed by atoms with van der Waals surface area (Å²) < 4.78 is 1.55. The maximum absolute atomic E-state index is 12.8. The summed E-state index contributed by atoms with van der Waals surface area (Å²) in [5, 5.41) is 17.0. The van der Waals surface area contributed by atoms with Crippen LogP contribution in [0.2, 0.25) is 10.2 Å². The van der Waals surface area contributed by atoms with Crippen molar-refractivity contribution < 1.29 is 4.79 Å². The van der Waals surface area contributed by atoms with Gasteiger partial charge in [0.25, 0.3) is 5.91 Å². The zero-order valence-corrected chi connectivity index (χ0v) is 17.5. The molecule has 1 amide bonds. The molecule has 0 aliphatic heterocycles. The number of rotatable bonds is 5. The first-order valence-electron chi connectivity index (χ1n) is 8.55. The Hall–Kier alpha value is -2.81. The molecule has 0 aliphatic carbocycles. The number of hydrogen-bond donors (Lipinski definition) is 1. The highest BCUT2D eigenvalue weighted by Crippen LogP contribution is 2.27. The number of carbonyl (C=O) groups excluding carboxylic acids is 1. The van der Waals surface area contributed by atoms with Gasteiger partial charge in [-0.3, -0.25) is 15.1 Å². The zero-order chi connectivity index (χ0) is 20.4. The lowest BCUT2D eigenvalue weighted by Gasteiger charge is -2.06. The number of aromatic nitrogens is 5. The highest BCUT2D eigenvalue weighted by Gasteiger charge is 2.22. The van der Waals surface area contributed by atoms with Crippen molar-refractivity contribution in [3.05, 3.63) is 75.7 Å². The van der Waals surface area contributed by atoms with Crippen LogP contribution in [0, 0.1) is 6.92 Å². The number of carbonyl (C=O) groups is 1. The summed E-state index contributed by atoms with van der Waals surface area (Å²) in [6.07, 6.45) is 1.67. The molecule has 0 aliphatic rings. The molecule has 3 heterocycles. The monoisotopic (exact) mass is 444 g/mol. The van der Waals surface area contributed by atoms with Gasteiger partial charge in [0, 0.05) is 11.2 Å². The van der Waals surface area contributed by atoms with E-state index in [1.807, 2.05) is 36.4 Å². The lowest BCUT2D eigenvalue weighted by molar-refractivity contribution is 0.102. The lowest BCUT2D eigenvalue weighted by Crippen LogP contribution is -2.13. The zero-order valence-electron chi connectivity index (χ0n) is 15.1. The summed E-state index contributed by atoms with van der Waals surface area (Å²) in [7, 11) is 0. The van der Waals surface area contributed by atoms with Crippen molar-refractivity contribution in [1.82, 2.24) is 25.0 Å². The first kappa shape index (κ1) is 19.5. The summed E-state index contributed by atoms with van der Waals surface area (Å²) in [6, 6.07) is 12.9. The molecule has 7 nitrogen and oxygen atoms in total. The lowest BCUT2D eigenvalue weighted by atomic mass is 10.2. The molecule has 0 radical (unpaired) electrons. The number of hydrogen-bond acceptors (Lipinski definition) is 6. The summed E-state index contributed by atoms with van der Waals surface area (Å²) in [5.41, 5.74) is 2.34. The number of nitrogens with one attached hydrogen (secondary N) is 1. The fourth-order valence-electron chi connectivity index (χ4n) is 2.73. The van der Waals surface area contributed by atoms with Crippen LogP contribution in [0.25, 0.3) is 10.7 Å². The highest BCUT2D eigenvalue weighted by molar-refractivity contribution is 7.18. The molecule has 4 aromatic rings. The second-order valence-corrected chi connectivity index (χ2v) is 7.82. The van der Waals surface area contributed by atoms with Crippen LogP contribution in [0.1, 0.15) is 21.6 Å². The largest absolute Gasteiger partial charge is 0.296 e. The maximum atomic E-state index is 12.8. The van der Waals surface area contributed by atoms with Crippen molar-refractivity contribution >= 4 is 45.6 Å². The Balaban J connectivity index is 1.54. The van der Waals surface area contributed by atoms with Gasteiger partial charge in [-0.25, -0.2) is 4.68 Å². The second-order valence-electron chi connectivity index (χ2n) is 6.08. The fourth-order valence-corrected chi connectivity index (χ4v) is 3.96. The van der Waals surface area contributed by atoms with Crippen LogP contribution < -0.4 is 5.32 Å². The molecule has 3 aromatic heterocycles. The van der Waals surface area contributed by atoms with Gasteiger partial charge in [-0.05, 0) is 30.7 Å². The van der Waals surface area contributed by atoms with Crippen LogP contribution in [-0.2, 0) is 6.54 Å². The van der Waals surface area contributed by atoms with E-state index in [2.05, 4.69) is 25.6 Å². The number of nitrogens with zero attached hydrogens (tertiary/aromatic N) is 5. The Morgan fingerprint density at radius 2 is 1.93 bits per heavy atom. The predicted molar refractivity (Wildman–Crippen MR) is 114 cm³/mol. The first-order valence-corrected chi connectivity index (χ1v) is 10.1. The highest BCUT2D eigenvalue weighted by atomic mass is 35.5. The molecule has 0 atom stereocenters. The van der Waals surface area contributed by atoms with Crippen LogP contribution in [0.3, 0.4) is 0 Å². The van der Waals surface area contributed by atoms with Gasteiger partial charge in [0.1, 0.15) is 10.8 Å². The Morgan fingerprint density at radius 1 is 1.14 bits per heavy atom. The minimum atomic E-state index is -0.401. The van der Waals surface area contributed by atoms with Gasteiger partial charge in [-0.1, -0.05) is 58.8 Å². The van der Waals surface area contributed by atoms with Gasteiger partial charge in [-0.15, -0.1) is 10.2 Å². The molecular weight excluding hydrogens is 431 g/mol. The third kappa shape index (κ3) is 4.14. The van der Waals surface area contributed by atoms with Gasteiger partial charge in [0.05, 0.1) is 17.8 Å². The van der Waals surface area contributed by atoms with Crippen molar-refractivity contribution in [2.24, 2.45) is 0 Å². The SMILES string of the molecule is Cc1nn(Cc2ccccc2Cl)c(Cl)c1C(=O)Nc1nnc(-c2ccccn2)s1. The second kappa shape index (κ2) is 8.28. The van der Waals surface area contributed by atoms with E-state index in [4.69, 9.17) is 23.2 Å². The number of benzene rings is 1. The molecule has 1 aromatic carbocycles. The molecule has 29 heavy (non-hydrogen) atoms. The average Bonchev–Trinajstić information content (AvgIpc) is 3.28. The van der Waals surface area contributed by atoms with Crippen molar-refractivity contribution in [3.8, 4) is 10.7 Å². The van der Waals surface area contributed by atoms with Crippen molar-refractivity contribution in [2.75, 3.05) is 5.32 Å². The third-order valence-corrected chi connectivity index (χ3v) is 5.71. The summed E-state index contributed by atoms with van der Waals surface area (Å²) >= 11 is 13.9. The van der Waals surface area contributed by atoms with E-state index < -0.39 is 5.91 Å². The molecule has 0 spiro atoms. The minimum absolute atomic E-state index is 0.231. The Labute approximate surface area is 180 Å². The normalized spacial score (nSPS) is 10.9. The molecule has 4 rings (SSSR count). The Kier molecular flexibility index (Phi) is 5.57. The average molecular weight is 445 g/mol. The van der Waals surface area contributed by atoms with E-state index in [1.165, 1.54) is 11.3 Å². The molecule has 10 heteroatoms. The van der Waals surface area contributed by atoms with Gasteiger partial charge in [0.15, 0.2) is 5.01 Å².